The molecule has 2 aromatic rings. The molecular weight excluding hydrogens is 304 g/mol. The minimum absolute atomic E-state index is 0.0635. The number of rotatable bonds is 7. The number of H-pyrrole nitrogens is 1. The Balaban J connectivity index is 2.27. The Morgan fingerprint density at radius 2 is 2.22 bits per heavy atom. The summed E-state index contributed by atoms with van der Waals surface area (Å²) in [5, 5.41) is 29.1. The normalized spacial score (nSPS) is 12.0. The lowest BCUT2D eigenvalue weighted by Gasteiger charge is -2.13. The minimum atomic E-state index is -1.13. The summed E-state index contributed by atoms with van der Waals surface area (Å²) in [6.07, 6.45) is 1.77. The summed E-state index contributed by atoms with van der Waals surface area (Å²) >= 11 is 0. The van der Waals surface area contributed by atoms with Crippen LogP contribution in [0.1, 0.15) is 36.7 Å². The van der Waals surface area contributed by atoms with Gasteiger partial charge in [-0.1, -0.05) is 19.8 Å². The highest BCUT2D eigenvalue weighted by atomic mass is 16.6. The molecule has 23 heavy (non-hydrogen) atoms. The second kappa shape index (κ2) is 6.86. The standard InChI is InChI=1S/C14H16N4O5/c1-2-3-4-11(14(20)21)15-13(19)12-9-7-8(18(22)23)5-6-10(9)16-17-12/h5-7,11H,2-4H2,1H3,(H,15,19)(H,16,17)(H,20,21)/t11-/m0/s1. The summed E-state index contributed by atoms with van der Waals surface area (Å²) in [4.78, 5) is 33.7. The van der Waals surface area contributed by atoms with E-state index in [0.717, 1.165) is 6.42 Å². The molecule has 1 aromatic carbocycles. The van der Waals surface area contributed by atoms with Crippen LogP contribution in [0.2, 0.25) is 0 Å². The molecule has 9 nitrogen and oxygen atoms in total. The van der Waals surface area contributed by atoms with Crippen molar-refractivity contribution in [1.29, 1.82) is 0 Å². The van der Waals surface area contributed by atoms with E-state index < -0.39 is 22.8 Å². The number of unbranched alkanes of at least 4 members (excludes halogenated alkanes) is 1. The van der Waals surface area contributed by atoms with Crippen LogP contribution in [-0.2, 0) is 4.79 Å². The van der Waals surface area contributed by atoms with Gasteiger partial charge >= 0.3 is 5.97 Å². The van der Waals surface area contributed by atoms with Gasteiger partial charge in [-0.05, 0) is 12.5 Å². The molecule has 0 bridgehead atoms. The van der Waals surface area contributed by atoms with Gasteiger partial charge < -0.3 is 10.4 Å². The second-order valence-electron chi connectivity index (χ2n) is 5.07. The van der Waals surface area contributed by atoms with Crippen molar-refractivity contribution in [1.82, 2.24) is 15.5 Å². The van der Waals surface area contributed by atoms with Gasteiger partial charge in [0.1, 0.15) is 6.04 Å². The van der Waals surface area contributed by atoms with E-state index in [1.165, 1.54) is 18.2 Å². The summed E-state index contributed by atoms with van der Waals surface area (Å²) in [6.45, 7) is 1.92. The molecule has 1 aromatic heterocycles. The predicted octanol–water partition coefficient (Wildman–Crippen LogP) is 1.84. The smallest absolute Gasteiger partial charge is 0.326 e. The molecule has 0 spiro atoms. The summed E-state index contributed by atoms with van der Waals surface area (Å²) < 4.78 is 0. The molecule has 0 saturated heterocycles. The fourth-order valence-corrected chi connectivity index (χ4v) is 2.18. The number of hydrogen-bond acceptors (Lipinski definition) is 5. The number of fused-ring (bicyclic) bond motifs is 1. The Kier molecular flexibility index (Phi) is 4.89. The van der Waals surface area contributed by atoms with E-state index >= 15 is 0 Å². The lowest BCUT2D eigenvalue weighted by atomic mass is 10.1. The van der Waals surface area contributed by atoms with E-state index in [0.29, 0.717) is 18.4 Å². The molecule has 1 atom stereocenters. The Labute approximate surface area is 130 Å². The first kappa shape index (κ1) is 16.4. The third-order valence-electron chi connectivity index (χ3n) is 3.42. The largest absolute Gasteiger partial charge is 0.480 e. The highest BCUT2D eigenvalue weighted by Crippen LogP contribution is 2.22. The first-order valence-electron chi connectivity index (χ1n) is 7.10. The average molecular weight is 320 g/mol. The van der Waals surface area contributed by atoms with Crippen LogP contribution in [0.25, 0.3) is 10.9 Å². The first-order chi connectivity index (χ1) is 10.9. The van der Waals surface area contributed by atoms with Gasteiger partial charge in [0.05, 0.1) is 10.4 Å². The molecule has 0 aliphatic rings. The number of hydrogen-bond donors (Lipinski definition) is 3. The SMILES string of the molecule is CCCC[C@H](NC(=O)c1n[nH]c2ccc([N+](=O)[O-])cc12)C(=O)O. The lowest BCUT2D eigenvalue weighted by Crippen LogP contribution is -2.40. The topological polar surface area (TPSA) is 138 Å². The Hall–Kier alpha value is -2.97. The number of nitro groups is 1. The summed E-state index contributed by atoms with van der Waals surface area (Å²) in [5.41, 5.74) is 0.223. The van der Waals surface area contributed by atoms with E-state index in [4.69, 9.17) is 5.11 Å². The van der Waals surface area contributed by atoms with Gasteiger partial charge in [-0.3, -0.25) is 20.0 Å². The van der Waals surface area contributed by atoms with Crippen LogP contribution < -0.4 is 5.32 Å². The second-order valence-corrected chi connectivity index (χ2v) is 5.07. The summed E-state index contributed by atoms with van der Waals surface area (Å²) in [7, 11) is 0. The molecule has 1 amide bonds. The third-order valence-corrected chi connectivity index (χ3v) is 3.42. The van der Waals surface area contributed by atoms with Crippen LogP contribution >= 0.6 is 0 Å². The number of carbonyl (C=O) groups is 2. The zero-order valence-corrected chi connectivity index (χ0v) is 12.4. The maximum absolute atomic E-state index is 12.3. The molecule has 1 heterocycles. The Bertz CT molecular complexity index is 755. The van der Waals surface area contributed by atoms with Gasteiger partial charge in [0, 0.05) is 17.5 Å². The van der Waals surface area contributed by atoms with E-state index in [1.54, 1.807) is 0 Å². The van der Waals surface area contributed by atoms with Crippen LogP contribution in [-0.4, -0.2) is 38.1 Å². The monoisotopic (exact) mass is 320 g/mol. The van der Waals surface area contributed by atoms with Gasteiger partial charge in [-0.15, -0.1) is 0 Å². The number of nitro benzene ring substituents is 1. The van der Waals surface area contributed by atoms with Crippen LogP contribution in [0.3, 0.4) is 0 Å². The molecule has 0 saturated carbocycles. The van der Waals surface area contributed by atoms with Crippen molar-refractivity contribution < 1.29 is 19.6 Å². The number of benzene rings is 1. The number of aromatic nitrogens is 2. The highest BCUT2D eigenvalue weighted by molar-refractivity contribution is 6.06. The number of carboxylic acid groups (broad SMARTS) is 1. The van der Waals surface area contributed by atoms with Crippen LogP contribution in [0.15, 0.2) is 18.2 Å². The first-order valence-corrected chi connectivity index (χ1v) is 7.10. The van der Waals surface area contributed by atoms with E-state index in [-0.39, 0.29) is 16.8 Å². The van der Waals surface area contributed by atoms with Crippen LogP contribution in [0, 0.1) is 10.1 Å². The van der Waals surface area contributed by atoms with Gasteiger partial charge in [0.2, 0.25) is 0 Å². The maximum Gasteiger partial charge on any atom is 0.326 e. The third kappa shape index (κ3) is 3.62. The highest BCUT2D eigenvalue weighted by Gasteiger charge is 2.23. The number of amides is 1. The number of aliphatic carboxylic acids is 1. The molecule has 122 valence electrons. The van der Waals surface area contributed by atoms with E-state index in [2.05, 4.69) is 15.5 Å². The predicted molar refractivity (Wildman–Crippen MR) is 81.2 cm³/mol. The zero-order valence-electron chi connectivity index (χ0n) is 12.4. The van der Waals surface area contributed by atoms with Crippen molar-refractivity contribution in [3.8, 4) is 0 Å². The number of nitrogens with one attached hydrogen (secondary N) is 2. The van der Waals surface area contributed by atoms with Crippen molar-refractivity contribution in [2.75, 3.05) is 0 Å². The van der Waals surface area contributed by atoms with Crippen molar-refractivity contribution in [2.24, 2.45) is 0 Å². The Morgan fingerprint density at radius 1 is 1.48 bits per heavy atom. The van der Waals surface area contributed by atoms with E-state index in [9.17, 15) is 19.7 Å². The zero-order chi connectivity index (χ0) is 17.0. The Morgan fingerprint density at radius 3 is 2.83 bits per heavy atom. The van der Waals surface area contributed by atoms with Crippen LogP contribution in [0.4, 0.5) is 5.69 Å². The summed E-state index contributed by atoms with van der Waals surface area (Å²) in [6, 6.07) is 2.95. The quantitative estimate of drug-likeness (QED) is 0.525. The van der Waals surface area contributed by atoms with Crippen molar-refractivity contribution >= 4 is 28.5 Å². The van der Waals surface area contributed by atoms with Crippen molar-refractivity contribution in [2.45, 2.75) is 32.2 Å². The molecule has 2 rings (SSSR count). The number of aromatic amines is 1. The van der Waals surface area contributed by atoms with E-state index in [1.807, 2.05) is 6.92 Å². The summed E-state index contributed by atoms with van der Waals surface area (Å²) in [5.74, 6) is -1.81. The molecule has 3 N–H and O–H groups in total. The molecule has 0 unspecified atom stereocenters. The molecule has 9 heteroatoms. The molecule has 0 radical (unpaired) electrons. The van der Waals surface area contributed by atoms with Crippen molar-refractivity contribution in [3.63, 3.8) is 0 Å². The number of non-ortho nitro benzene ring substituents is 1. The maximum atomic E-state index is 12.3. The van der Waals surface area contributed by atoms with Gasteiger partial charge in [0.25, 0.3) is 11.6 Å². The molecule has 0 aliphatic heterocycles. The molecule has 0 fully saturated rings. The van der Waals surface area contributed by atoms with Gasteiger partial charge in [-0.25, -0.2) is 4.79 Å². The molecular formula is C14H16N4O5. The van der Waals surface area contributed by atoms with Crippen LogP contribution in [0.5, 0.6) is 0 Å². The lowest BCUT2D eigenvalue weighted by molar-refractivity contribution is -0.384. The average Bonchev–Trinajstić information content (AvgIpc) is 2.93. The fraction of sp³-hybridized carbons (Fsp3) is 0.357. The number of carbonyl (C=O) groups excluding carboxylic acids is 1. The number of nitrogens with zero attached hydrogens (tertiary/aromatic N) is 2. The minimum Gasteiger partial charge on any atom is -0.480 e. The molecule has 0 aliphatic carbocycles. The fourth-order valence-electron chi connectivity index (χ4n) is 2.18. The van der Waals surface area contributed by atoms with Gasteiger partial charge in [0.15, 0.2) is 5.69 Å². The number of carboxylic acids is 1. The van der Waals surface area contributed by atoms with Crippen molar-refractivity contribution in [3.05, 3.63) is 34.0 Å². The van der Waals surface area contributed by atoms with Gasteiger partial charge in [-0.2, -0.15) is 5.10 Å².